The molecule has 0 aliphatic carbocycles. The van der Waals surface area contributed by atoms with Gasteiger partial charge in [0.25, 0.3) is 5.91 Å². The van der Waals surface area contributed by atoms with Gasteiger partial charge in [-0.15, -0.1) is 0 Å². The largest absolute Gasteiger partial charge is 0.399 e. The van der Waals surface area contributed by atoms with Crippen molar-refractivity contribution in [3.05, 3.63) is 101 Å². The average Bonchev–Trinajstić information content (AvgIpc) is 3.15. The zero-order valence-corrected chi connectivity index (χ0v) is 16.7. The molecular formula is C25H19N5O. The quantitative estimate of drug-likeness (QED) is 0.490. The first kappa shape index (κ1) is 19.8. The number of carbonyl (C=O) groups excluding carboxylic acids is 1. The van der Waals surface area contributed by atoms with Crippen LogP contribution in [0.3, 0.4) is 0 Å². The number of nitrogen functional groups attached to an aromatic ring is 1. The third-order valence-corrected chi connectivity index (χ3v) is 5.06. The molecule has 0 aliphatic heterocycles. The number of nitrogens with zero attached hydrogens (tertiary/aromatic N) is 3. The van der Waals surface area contributed by atoms with E-state index in [1.54, 1.807) is 30.3 Å². The average molecular weight is 405 g/mol. The lowest BCUT2D eigenvalue weighted by Gasteiger charge is -2.12. The number of nitrogens with two attached hydrogens (primary N) is 1. The van der Waals surface area contributed by atoms with Gasteiger partial charge in [0.1, 0.15) is 5.69 Å². The molecule has 1 amide bonds. The SMILES string of the molecule is N#Cc1cccc(CNC(=O)c2cc3cc(N)ccc3n2Cc2cccc(C#N)c2)c1. The molecule has 4 aromatic rings. The zero-order valence-electron chi connectivity index (χ0n) is 16.7. The van der Waals surface area contributed by atoms with Crippen LogP contribution >= 0.6 is 0 Å². The lowest BCUT2D eigenvalue weighted by Crippen LogP contribution is -2.25. The van der Waals surface area contributed by atoms with Crippen LogP contribution in [-0.4, -0.2) is 10.5 Å². The molecule has 150 valence electrons. The van der Waals surface area contributed by atoms with Gasteiger partial charge in [0, 0.05) is 29.7 Å². The van der Waals surface area contributed by atoms with Crippen LogP contribution in [0.4, 0.5) is 5.69 Å². The minimum Gasteiger partial charge on any atom is -0.399 e. The van der Waals surface area contributed by atoms with Crippen molar-refractivity contribution in [3.63, 3.8) is 0 Å². The molecule has 4 rings (SSSR count). The second kappa shape index (κ2) is 8.44. The predicted molar refractivity (Wildman–Crippen MR) is 119 cm³/mol. The zero-order chi connectivity index (χ0) is 21.8. The normalized spacial score (nSPS) is 10.4. The first-order chi connectivity index (χ1) is 15.1. The molecule has 0 radical (unpaired) electrons. The lowest BCUT2D eigenvalue weighted by atomic mass is 10.1. The molecule has 0 atom stereocenters. The van der Waals surface area contributed by atoms with E-state index in [4.69, 9.17) is 11.0 Å². The highest BCUT2D eigenvalue weighted by molar-refractivity contribution is 5.99. The first-order valence-electron chi connectivity index (χ1n) is 9.72. The Hall–Kier alpha value is -4.55. The van der Waals surface area contributed by atoms with Gasteiger partial charge in [0.15, 0.2) is 0 Å². The molecule has 3 aromatic carbocycles. The van der Waals surface area contributed by atoms with Crippen molar-refractivity contribution in [2.75, 3.05) is 5.73 Å². The second-order valence-corrected chi connectivity index (χ2v) is 7.24. The van der Waals surface area contributed by atoms with Gasteiger partial charge < -0.3 is 15.6 Å². The van der Waals surface area contributed by atoms with Crippen molar-refractivity contribution in [1.82, 2.24) is 9.88 Å². The van der Waals surface area contributed by atoms with E-state index in [1.807, 2.05) is 47.0 Å². The Morgan fingerprint density at radius 1 is 0.903 bits per heavy atom. The summed E-state index contributed by atoms with van der Waals surface area (Å²) in [4.78, 5) is 13.1. The summed E-state index contributed by atoms with van der Waals surface area (Å²) < 4.78 is 1.92. The number of nitrogens with one attached hydrogen (secondary N) is 1. The molecule has 0 unspecified atom stereocenters. The van der Waals surface area contributed by atoms with E-state index < -0.39 is 0 Å². The van der Waals surface area contributed by atoms with Crippen LogP contribution < -0.4 is 11.1 Å². The van der Waals surface area contributed by atoms with E-state index in [2.05, 4.69) is 17.5 Å². The molecule has 31 heavy (non-hydrogen) atoms. The minimum absolute atomic E-state index is 0.228. The van der Waals surface area contributed by atoms with Gasteiger partial charge in [-0.25, -0.2) is 0 Å². The molecule has 3 N–H and O–H groups in total. The predicted octanol–water partition coefficient (Wildman–Crippen LogP) is 3.95. The number of anilines is 1. The monoisotopic (exact) mass is 405 g/mol. The summed E-state index contributed by atoms with van der Waals surface area (Å²) in [5.41, 5.74) is 10.8. The fourth-order valence-electron chi connectivity index (χ4n) is 3.59. The van der Waals surface area contributed by atoms with E-state index in [0.29, 0.717) is 35.6 Å². The minimum atomic E-state index is -0.228. The number of hydrogen-bond acceptors (Lipinski definition) is 4. The van der Waals surface area contributed by atoms with E-state index in [-0.39, 0.29) is 5.91 Å². The number of amides is 1. The highest BCUT2D eigenvalue weighted by Gasteiger charge is 2.16. The highest BCUT2D eigenvalue weighted by Crippen LogP contribution is 2.24. The van der Waals surface area contributed by atoms with Gasteiger partial charge in [-0.3, -0.25) is 4.79 Å². The molecule has 6 nitrogen and oxygen atoms in total. The van der Waals surface area contributed by atoms with Crippen molar-refractivity contribution in [1.29, 1.82) is 10.5 Å². The number of fused-ring (bicyclic) bond motifs is 1. The van der Waals surface area contributed by atoms with Gasteiger partial charge in [-0.2, -0.15) is 10.5 Å². The number of benzene rings is 3. The lowest BCUT2D eigenvalue weighted by molar-refractivity contribution is 0.0942. The Bertz CT molecular complexity index is 1370. The van der Waals surface area contributed by atoms with Crippen molar-refractivity contribution >= 4 is 22.5 Å². The molecule has 0 saturated carbocycles. The molecule has 0 aliphatic rings. The summed E-state index contributed by atoms with van der Waals surface area (Å²) in [5, 5.41) is 22.1. The van der Waals surface area contributed by atoms with Crippen molar-refractivity contribution in [2.24, 2.45) is 0 Å². The van der Waals surface area contributed by atoms with Crippen LogP contribution in [-0.2, 0) is 13.1 Å². The maximum atomic E-state index is 13.1. The van der Waals surface area contributed by atoms with Gasteiger partial charge in [0.2, 0.25) is 0 Å². The van der Waals surface area contributed by atoms with E-state index >= 15 is 0 Å². The third-order valence-electron chi connectivity index (χ3n) is 5.06. The topological polar surface area (TPSA) is 108 Å². The van der Waals surface area contributed by atoms with Crippen LogP contribution in [0.5, 0.6) is 0 Å². The van der Waals surface area contributed by atoms with Gasteiger partial charge >= 0.3 is 0 Å². The molecule has 1 aromatic heterocycles. The van der Waals surface area contributed by atoms with Crippen LogP contribution in [0, 0.1) is 22.7 Å². The van der Waals surface area contributed by atoms with Crippen LogP contribution in [0.25, 0.3) is 10.9 Å². The van der Waals surface area contributed by atoms with Crippen molar-refractivity contribution in [2.45, 2.75) is 13.1 Å². The third kappa shape index (κ3) is 4.24. The Kier molecular flexibility index (Phi) is 5.38. The van der Waals surface area contributed by atoms with Crippen molar-refractivity contribution < 1.29 is 4.79 Å². The standard InChI is InChI=1S/C25H19N5O/c26-13-17-3-1-5-19(9-17)15-29-25(31)24-12-21-11-22(28)7-8-23(21)30(24)16-20-6-2-4-18(10-20)14-27/h1-12H,15-16,28H2,(H,29,31). The van der Waals surface area contributed by atoms with E-state index in [0.717, 1.165) is 22.0 Å². The van der Waals surface area contributed by atoms with Gasteiger partial charge in [-0.1, -0.05) is 24.3 Å². The van der Waals surface area contributed by atoms with Crippen LogP contribution in [0.1, 0.15) is 32.7 Å². The summed E-state index contributed by atoms with van der Waals surface area (Å²) in [6.45, 7) is 0.748. The number of rotatable bonds is 5. The number of nitriles is 2. The molecular weight excluding hydrogens is 386 g/mol. The summed E-state index contributed by atoms with van der Waals surface area (Å²) in [5.74, 6) is -0.228. The number of hydrogen-bond donors (Lipinski definition) is 2. The molecule has 0 saturated heterocycles. The van der Waals surface area contributed by atoms with Gasteiger partial charge in [-0.05, 0) is 59.7 Å². The highest BCUT2D eigenvalue weighted by atomic mass is 16.1. The fraction of sp³-hybridized carbons (Fsp3) is 0.0800. The smallest absolute Gasteiger partial charge is 0.268 e. The summed E-state index contributed by atoms with van der Waals surface area (Å²) in [6.07, 6.45) is 0. The molecule has 6 heteroatoms. The van der Waals surface area contributed by atoms with E-state index in [1.165, 1.54) is 0 Å². The fourth-order valence-corrected chi connectivity index (χ4v) is 3.59. The summed E-state index contributed by atoms with van der Waals surface area (Å²) in [7, 11) is 0. The Balaban J connectivity index is 1.67. The molecule has 0 spiro atoms. The molecule has 0 fully saturated rings. The van der Waals surface area contributed by atoms with E-state index in [9.17, 15) is 10.1 Å². The second-order valence-electron chi connectivity index (χ2n) is 7.24. The maximum Gasteiger partial charge on any atom is 0.268 e. The van der Waals surface area contributed by atoms with Crippen LogP contribution in [0.2, 0.25) is 0 Å². The number of aromatic nitrogens is 1. The number of carbonyl (C=O) groups is 1. The maximum absolute atomic E-state index is 13.1. The van der Waals surface area contributed by atoms with Gasteiger partial charge in [0.05, 0.1) is 23.3 Å². The van der Waals surface area contributed by atoms with Crippen LogP contribution in [0.15, 0.2) is 72.8 Å². The first-order valence-corrected chi connectivity index (χ1v) is 9.72. The molecule has 0 bridgehead atoms. The molecule has 1 heterocycles. The Morgan fingerprint density at radius 3 is 2.29 bits per heavy atom. The van der Waals surface area contributed by atoms with Crippen molar-refractivity contribution in [3.8, 4) is 12.1 Å². The summed E-state index contributed by atoms with van der Waals surface area (Å²) in [6, 6.07) is 26.1. The summed E-state index contributed by atoms with van der Waals surface area (Å²) >= 11 is 0. The Labute approximate surface area is 179 Å². The Morgan fingerprint density at radius 2 is 1.58 bits per heavy atom.